The molecule has 1 saturated heterocycles. The highest BCUT2D eigenvalue weighted by atomic mass is 16.4. The number of carboxylic acids is 1. The molecule has 0 bridgehead atoms. The second kappa shape index (κ2) is 5.38. The zero-order chi connectivity index (χ0) is 14.1. The van der Waals surface area contributed by atoms with Crippen molar-refractivity contribution in [3.05, 3.63) is 17.5 Å². The van der Waals surface area contributed by atoms with Gasteiger partial charge in [-0.05, 0) is 31.6 Å². The van der Waals surface area contributed by atoms with Crippen LogP contribution in [0, 0.1) is 18.8 Å². The smallest absolute Gasteiger partial charge is 0.339 e. The molecule has 2 unspecified atom stereocenters. The third-order valence-corrected chi connectivity index (χ3v) is 4.77. The van der Waals surface area contributed by atoms with E-state index in [4.69, 9.17) is 5.11 Å². The summed E-state index contributed by atoms with van der Waals surface area (Å²) >= 11 is 0. The maximum atomic E-state index is 11.0. The van der Waals surface area contributed by atoms with Crippen LogP contribution < -0.4 is 4.90 Å². The van der Waals surface area contributed by atoms with Crippen molar-refractivity contribution in [2.45, 2.75) is 39.0 Å². The van der Waals surface area contributed by atoms with Crippen LogP contribution in [-0.2, 0) is 0 Å². The minimum absolute atomic E-state index is 0.196. The van der Waals surface area contributed by atoms with Crippen LogP contribution in [0.25, 0.3) is 0 Å². The van der Waals surface area contributed by atoms with Gasteiger partial charge in [0.1, 0.15) is 0 Å². The lowest BCUT2D eigenvalue weighted by atomic mass is 9.75. The number of piperidine rings is 1. The molecular weight excluding hydrogens is 254 g/mol. The first-order valence-corrected chi connectivity index (χ1v) is 7.47. The van der Waals surface area contributed by atoms with Gasteiger partial charge in [-0.2, -0.15) is 0 Å². The number of rotatable bonds is 2. The maximum Gasteiger partial charge on any atom is 0.339 e. The number of aromatic carboxylic acids is 1. The molecule has 2 fully saturated rings. The molecule has 0 radical (unpaired) electrons. The van der Waals surface area contributed by atoms with Crippen molar-refractivity contribution >= 4 is 11.9 Å². The van der Waals surface area contributed by atoms with Crippen LogP contribution >= 0.6 is 0 Å². The quantitative estimate of drug-likeness (QED) is 0.898. The van der Waals surface area contributed by atoms with E-state index >= 15 is 0 Å². The van der Waals surface area contributed by atoms with Gasteiger partial charge in [0, 0.05) is 19.3 Å². The zero-order valence-electron chi connectivity index (χ0n) is 11.9. The largest absolute Gasteiger partial charge is 0.478 e. The molecule has 0 aromatic carbocycles. The Morgan fingerprint density at radius 1 is 1.30 bits per heavy atom. The zero-order valence-corrected chi connectivity index (χ0v) is 11.9. The molecule has 5 heteroatoms. The number of carboxylic acid groups (broad SMARTS) is 1. The first-order chi connectivity index (χ1) is 9.65. The Bertz CT molecular complexity index is 518. The normalized spacial score (nSPS) is 26.1. The van der Waals surface area contributed by atoms with Gasteiger partial charge in [0.25, 0.3) is 0 Å². The van der Waals surface area contributed by atoms with Crippen molar-refractivity contribution in [1.29, 1.82) is 0 Å². The van der Waals surface area contributed by atoms with Gasteiger partial charge in [0.2, 0.25) is 5.95 Å². The van der Waals surface area contributed by atoms with E-state index in [1.165, 1.54) is 38.3 Å². The number of carbonyl (C=O) groups is 1. The fourth-order valence-electron chi connectivity index (χ4n) is 3.60. The number of fused-ring (bicyclic) bond motifs is 1. The fraction of sp³-hybridized carbons (Fsp3) is 0.667. The molecule has 5 nitrogen and oxygen atoms in total. The van der Waals surface area contributed by atoms with Gasteiger partial charge in [-0.3, -0.25) is 0 Å². The molecule has 1 aromatic heterocycles. The van der Waals surface area contributed by atoms with Gasteiger partial charge in [-0.1, -0.05) is 19.3 Å². The Morgan fingerprint density at radius 3 is 2.75 bits per heavy atom. The van der Waals surface area contributed by atoms with E-state index < -0.39 is 5.97 Å². The van der Waals surface area contributed by atoms with Crippen molar-refractivity contribution in [3.8, 4) is 0 Å². The molecule has 20 heavy (non-hydrogen) atoms. The molecule has 1 aliphatic carbocycles. The van der Waals surface area contributed by atoms with Crippen molar-refractivity contribution in [1.82, 2.24) is 9.97 Å². The summed E-state index contributed by atoms with van der Waals surface area (Å²) in [5, 5.41) is 9.03. The van der Waals surface area contributed by atoms with Crippen molar-refractivity contribution in [3.63, 3.8) is 0 Å². The molecule has 108 valence electrons. The van der Waals surface area contributed by atoms with E-state index in [1.807, 2.05) is 0 Å². The van der Waals surface area contributed by atoms with Crippen LogP contribution in [0.5, 0.6) is 0 Å². The number of hydrogen-bond acceptors (Lipinski definition) is 4. The molecule has 2 atom stereocenters. The first-order valence-electron chi connectivity index (χ1n) is 7.47. The highest BCUT2D eigenvalue weighted by molar-refractivity contribution is 5.88. The summed E-state index contributed by atoms with van der Waals surface area (Å²) in [6.07, 6.45) is 8.06. The Morgan fingerprint density at radius 2 is 2.05 bits per heavy atom. The number of aryl methyl sites for hydroxylation is 1. The second-order valence-electron chi connectivity index (χ2n) is 6.01. The van der Waals surface area contributed by atoms with Crippen LogP contribution in [0.3, 0.4) is 0 Å². The molecule has 2 aliphatic rings. The van der Waals surface area contributed by atoms with E-state index in [0.717, 1.165) is 24.9 Å². The van der Waals surface area contributed by atoms with Gasteiger partial charge in [-0.25, -0.2) is 14.8 Å². The van der Waals surface area contributed by atoms with E-state index in [0.29, 0.717) is 11.6 Å². The SMILES string of the molecule is Cc1nc(N2CCC3CCCCC3C2)ncc1C(=O)O. The van der Waals surface area contributed by atoms with Crippen LogP contribution in [0.1, 0.15) is 48.2 Å². The Balaban J connectivity index is 1.76. The van der Waals surface area contributed by atoms with Gasteiger partial charge < -0.3 is 10.0 Å². The minimum Gasteiger partial charge on any atom is -0.478 e. The maximum absolute atomic E-state index is 11.0. The van der Waals surface area contributed by atoms with Gasteiger partial charge in [-0.15, -0.1) is 0 Å². The number of aromatic nitrogens is 2. The van der Waals surface area contributed by atoms with Crippen molar-refractivity contribution in [2.75, 3.05) is 18.0 Å². The Labute approximate surface area is 119 Å². The average Bonchev–Trinajstić information content (AvgIpc) is 2.46. The van der Waals surface area contributed by atoms with Gasteiger partial charge in [0.15, 0.2) is 0 Å². The van der Waals surface area contributed by atoms with Crippen LogP contribution in [0.15, 0.2) is 6.20 Å². The van der Waals surface area contributed by atoms with E-state index in [-0.39, 0.29) is 5.56 Å². The highest BCUT2D eigenvalue weighted by Crippen LogP contribution is 2.36. The lowest BCUT2D eigenvalue weighted by Crippen LogP contribution is -2.42. The fourth-order valence-corrected chi connectivity index (χ4v) is 3.60. The molecular formula is C15H21N3O2. The average molecular weight is 275 g/mol. The number of anilines is 1. The summed E-state index contributed by atoms with van der Waals surface area (Å²) < 4.78 is 0. The molecule has 0 amide bonds. The molecule has 3 rings (SSSR count). The number of hydrogen-bond donors (Lipinski definition) is 1. The van der Waals surface area contributed by atoms with E-state index in [2.05, 4.69) is 14.9 Å². The summed E-state index contributed by atoms with van der Waals surface area (Å²) in [5.74, 6) is 1.37. The van der Waals surface area contributed by atoms with E-state index in [1.54, 1.807) is 6.92 Å². The summed E-state index contributed by atoms with van der Waals surface area (Å²) in [6, 6.07) is 0. The first kappa shape index (κ1) is 13.3. The third kappa shape index (κ3) is 2.49. The monoisotopic (exact) mass is 275 g/mol. The van der Waals surface area contributed by atoms with Gasteiger partial charge >= 0.3 is 5.97 Å². The predicted octanol–water partition coefficient (Wildman–Crippen LogP) is 2.50. The summed E-state index contributed by atoms with van der Waals surface area (Å²) in [5.41, 5.74) is 0.745. The lowest BCUT2D eigenvalue weighted by Gasteiger charge is -2.41. The molecule has 1 aliphatic heterocycles. The number of nitrogens with zero attached hydrogens (tertiary/aromatic N) is 3. The van der Waals surface area contributed by atoms with Crippen molar-refractivity contribution < 1.29 is 9.90 Å². The van der Waals surface area contributed by atoms with E-state index in [9.17, 15) is 4.79 Å². The van der Waals surface area contributed by atoms with Crippen LogP contribution in [0.2, 0.25) is 0 Å². The highest BCUT2D eigenvalue weighted by Gasteiger charge is 2.32. The van der Waals surface area contributed by atoms with Crippen LogP contribution in [-0.4, -0.2) is 34.1 Å². The van der Waals surface area contributed by atoms with Crippen LogP contribution in [0.4, 0.5) is 5.95 Å². The molecule has 2 heterocycles. The predicted molar refractivity (Wildman–Crippen MR) is 76.0 cm³/mol. The Kier molecular flexibility index (Phi) is 3.59. The summed E-state index contributed by atoms with van der Waals surface area (Å²) in [6.45, 7) is 3.76. The minimum atomic E-state index is -0.958. The second-order valence-corrected chi connectivity index (χ2v) is 6.01. The molecule has 0 spiro atoms. The van der Waals surface area contributed by atoms with Crippen molar-refractivity contribution in [2.24, 2.45) is 11.8 Å². The summed E-state index contributed by atoms with van der Waals surface area (Å²) in [7, 11) is 0. The molecule has 1 N–H and O–H groups in total. The third-order valence-electron chi connectivity index (χ3n) is 4.77. The molecule has 1 aromatic rings. The lowest BCUT2D eigenvalue weighted by molar-refractivity contribution is 0.0695. The Hall–Kier alpha value is -1.65. The topological polar surface area (TPSA) is 66.3 Å². The summed E-state index contributed by atoms with van der Waals surface area (Å²) in [4.78, 5) is 21.9. The van der Waals surface area contributed by atoms with Gasteiger partial charge in [0.05, 0.1) is 11.3 Å². The molecule has 1 saturated carbocycles. The standard InChI is InChI=1S/C15H21N3O2/c1-10-13(14(19)20)8-16-15(17-10)18-7-6-11-4-2-3-5-12(11)9-18/h8,11-12H,2-7,9H2,1H3,(H,19,20).